The Morgan fingerprint density at radius 2 is 1.80 bits per heavy atom. The topological polar surface area (TPSA) is 17.1 Å². The van der Waals surface area contributed by atoms with Gasteiger partial charge in [-0.3, -0.25) is 4.79 Å². The predicted molar refractivity (Wildman–Crippen MR) is 74.9 cm³/mol. The largest absolute Gasteiger partial charge is 0.294 e. The van der Waals surface area contributed by atoms with Crippen molar-refractivity contribution in [2.45, 2.75) is 26.7 Å². The quantitative estimate of drug-likeness (QED) is 0.755. The number of halogens is 2. The Bertz CT molecular complexity index is 647. The van der Waals surface area contributed by atoms with Gasteiger partial charge in [-0.25, -0.2) is 8.78 Å². The van der Waals surface area contributed by atoms with Crippen LogP contribution in [-0.4, -0.2) is 5.78 Å². The van der Waals surface area contributed by atoms with Gasteiger partial charge in [-0.2, -0.15) is 0 Å². The third kappa shape index (κ3) is 3.10. The van der Waals surface area contributed by atoms with E-state index in [0.29, 0.717) is 6.42 Å². The van der Waals surface area contributed by atoms with Gasteiger partial charge >= 0.3 is 0 Å². The van der Waals surface area contributed by atoms with Crippen LogP contribution in [0.4, 0.5) is 8.78 Å². The molecule has 104 valence electrons. The van der Waals surface area contributed by atoms with Crippen LogP contribution in [0.3, 0.4) is 0 Å². The first-order valence-corrected chi connectivity index (χ1v) is 6.52. The zero-order chi connectivity index (χ0) is 14.7. The van der Waals surface area contributed by atoms with Crippen LogP contribution in [0.15, 0.2) is 36.4 Å². The summed E-state index contributed by atoms with van der Waals surface area (Å²) in [5.41, 5.74) is 2.17. The van der Waals surface area contributed by atoms with Crippen LogP contribution in [0.25, 0.3) is 0 Å². The number of aryl methyl sites for hydroxylation is 3. The maximum Gasteiger partial charge on any atom is 0.169 e. The lowest BCUT2D eigenvalue weighted by Gasteiger charge is -2.06. The predicted octanol–water partition coefficient (Wildman–Crippen LogP) is 4.40. The van der Waals surface area contributed by atoms with Gasteiger partial charge in [0.25, 0.3) is 0 Å². The number of carbonyl (C=O) groups is 1. The SMILES string of the molecule is Cc1cccc(CCC(=O)c2ccc(C)c(F)c2F)c1. The Morgan fingerprint density at radius 3 is 2.50 bits per heavy atom. The van der Waals surface area contributed by atoms with Gasteiger partial charge in [0, 0.05) is 6.42 Å². The van der Waals surface area contributed by atoms with E-state index in [1.54, 1.807) is 0 Å². The molecule has 0 atom stereocenters. The number of ketones is 1. The molecular formula is C17H16F2O. The second-order valence-electron chi connectivity index (χ2n) is 4.97. The summed E-state index contributed by atoms with van der Waals surface area (Å²) in [6.07, 6.45) is 0.693. The Hall–Kier alpha value is -2.03. The van der Waals surface area contributed by atoms with Gasteiger partial charge in [-0.05, 0) is 37.5 Å². The Morgan fingerprint density at radius 1 is 1.05 bits per heavy atom. The molecule has 0 spiro atoms. The van der Waals surface area contributed by atoms with Crippen LogP contribution in [0.5, 0.6) is 0 Å². The lowest BCUT2D eigenvalue weighted by atomic mass is 10.0. The van der Waals surface area contributed by atoms with E-state index in [1.807, 2.05) is 31.2 Å². The fraction of sp³-hybridized carbons (Fsp3) is 0.235. The Balaban J connectivity index is 2.11. The van der Waals surface area contributed by atoms with E-state index < -0.39 is 11.6 Å². The van der Waals surface area contributed by atoms with Gasteiger partial charge in [-0.1, -0.05) is 35.9 Å². The van der Waals surface area contributed by atoms with Crippen LogP contribution >= 0.6 is 0 Å². The first-order chi connectivity index (χ1) is 9.49. The fourth-order valence-corrected chi connectivity index (χ4v) is 2.12. The number of Topliss-reactive ketones (excluding diaryl/α,β-unsaturated/α-hetero) is 1. The van der Waals surface area contributed by atoms with Gasteiger partial charge in [0.05, 0.1) is 5.56 Å². The minimum Gasteiger partial charge on any atom is -0.294 e. The summed E-state index contributed by atoms with van der Waals surface area (Å²) in [4.78, 5) is 12.0. The normalized spacial score (nSPS) is 10.6. The molecule has 0 saturated carbocycles. The van der Waals surface area contributed by atoms with Gasteiger partial charge < -0.3 is 0 Å². The van der Waals surface area contributed by atoms with Crippen molar-refractivity contribution < 1.29 is 13.6 Å². The molecule has 0 aliphatic rings. The summed E-state index contributed by atoms with van der Waals surface area (Å²) < 4.78 is 27.1. The first-order valence-electron chi connectivity index (χ1n) is 6.52. The lowest BCUT2D eigenvalue weighted by molar-refractivity contribution is 0.0978. The molecule has 0 aliphatic carbocycles. The molecule has 20 heavy (non-hydrogen) atoms. The highest BCUT2D eigenvalue weighted by Crippen LogP contribution is 2.18. The van der Waals surface area contributed by atoms with Crippen molar-refractivity contribution in [3.05, 3.63) is 70.3 Å². The maximum absolute atomic E-state index is 13.7. The lowest BCUT2D eigenvalue weighted by Crippen LogP contribution is -2.06. The molecule has 0 unspecified atom stereocenters. The van der Waals surface area contributed by atoms with E-state index in [-0.39, 0.29) is 23.3 Å². The average molecular weight is 274 g/mol. The number of carbonyl (C=O) groups excluding carboxylic acids is 1. The van der Waals surface area contributed by atoms with Crippen molar-refractivity contribution in [1.82, 2.24) is 0 Å². The van der Waals surface area contributed by atoms with Crippen molar-refractivity contribution in [3.8, 4) is 0 Å². The molecule has 0 saturated heterocycles. The smallest absolute Gasteiger partial charge is 0.169 e. The minimum absolute atomic E-state index is 0.166. The number of hydrogen-bond acceptors (Lipinski definition) is 1. The zero-order valence-corrected chi connectivity index (χ0v) is 11.5. The van der Waals surface area contributed by atoms with Crippen LogP contribution in [0.1, 0.15) is 33.5 Å². The molecule has 0 aromatic heterocycles. The number of rotatable bonds is 4. The summed E-state index contributed by atoms with van der Waals surface area (Å²) in [6, 6.07) is 10.6. The second-order valence-corrected chi connectivity index (χ2v) is 4.97. The van der Waals surface area contributed by atoms with E-state index in [4.69, 9.17) is 0 Å². The van der Waals surface area contributed by atoms with Crippen LogP contribution < -0.4 is 0 Å². The molecule has 0 radical (unpaired) electrons. The van der Waals surface area contributed by atoms with Crippen molar-refractivity contribution in [2.75, 3.05) is 0 Å². The molecule has 3 heteroatoms. The van der Waals surface area contributed by atoms with Crippen molar-refractivity contribution >= 4 is 5.78 Å². The van der Waals surface area contributed by atoms with E-state index in [9.17, 15) is 13.6 Å². The van der Waals surface area contributed by atoms with Crippen LogP contribution in [-0.2, 0) is 6.42 Å². The highest BCUT2D eigenvalue weighted by atomic mass is 19.2. The van der Waals surface area contributed by atoms with Gasteiger partial charge in [0.1, 0.15) is 0 Å². The third-order valence-electron chi connectivity index (χ3n) is 3.30. The zero-order valence-electron chi connectivity index (χ0n) is 11.5. The molecule has 0 aliphatic heterocycles. The van der Waals surface area contributed by atoms with Gasteiger partial charge in [-0.15, -0.1) is 0 Å². The first kappa shape index (κ1) is 14.4. The van der Waals surface area contributed by atoms with E-state index in [1.165, 1.54) is 19.1 Å². The van der Waals surface area contributed by atoms with Gasteiger partial charge in [0.2, 0.25) is 0 Å². The minimum atomic E-state index is -1.04. The standard InChI is InChI=1S/C17H16F2O/c1-11-4-3-5-13(10-11)7-9-15(20)14-8-6-12(2)16(18)17(14)19/h3-6,8,10H,7,9H2,1-2H3. The summed E-state index contributed by atoms with van der Waals surface area (Å²) in [7, 11) is 0. The number of hydrogen-bond donors (Lipinski definition) is 0. The van der Waals surface area contributed by atoms with Crippen molar-refractivity contribution in [2.24, 2.45) is 0 Å². The Labute approximate surface area is 117 Å². The Kier molecular flexibility index (Phi) is 4.28. The summed E-state index contributed by atoms with van der Waals surface area (Å²) in [5, 5.41) is 0. The highest BCUT2D eigenvalue weighted by Gasteiger charge is 2.16. The summed E-state index contributed by atoms with van der Waals surface area (Å²) in [6.45, 7) is 3.44. The monoisotopic (exact) mass is 274 g/mol. The fourth-order valence-electron chi connectivity index (χ4n) is 2.12. The van der Waals surface area contributed by atoms with E-state index in [2.05, 4.69) is 0 Å². The highest BCUT2D eigenvalue weighted by molar-refractivity contribution is 5.96. The molecule has 0 fully saturated rings. The molecule has 0 amide bonds. The molecule has 0 N–H and O–H groups in total. The summed E-state index contributed by atoms with van der Waals surface area (Å²) in [5.74, 6) is -2.35. The van der Waals surface area contributed by atoms with E-state index in [0.717, 1.165) is 11.1 Å². The van der Waals surface area contributed by atoms with Crippen molar-refractivity contribution in [3.63, 3.8) is 0 Å². The maximum atomic E-state index is 13.7. The van der Waals surface area contributed by atoms with Crippen molar-refractivity contribution in [1.29, 1.82) is 0 Å². The average Bonchev–Trinajstić information content (AvgIpc) is 2.42. The molecular weight excluding hydrogens is 258 g/mol. The molecule has 2 rings (SSSR count). The molecule has 2 aromatic rings. The molecule has 2 aromatic carbocycles. The van der Waals surface area contributed by atoms with Crippen LogP contribution in [0, 0.1) is 25.5 Å². The molecule has 0 bridgehead atoms. The summed E-state index contributed by atoms with van der Waals surface area (Å²) >= 11 is 0. The number of benzene rings is 2. The third-order valence-corrected chi connectivity index (χ3v) is 3.30. The molecule has 1 nitrogen and oxygen atoms in total. The second kappa shape index (κ2) is 5.95. The molecule has 0 heterocycles. The van der Waals surface area contributed by atoms with Crippen LogP contribution in [0.2, 0.25) is 0 Å². The van der Waals surface area contributed by atoms with Gasteiger partial charge in [0.15, 0.2) is 17.4 Å². The van der Waals surface area contributed by atoms with E-state index >= 15 is 0 Å².